The van der Waals surface area contributed by atoms with Gasteiger partial charge in [-0.1, -0.05) is 0 Å². The summed E-state index contributed by atoms with van der Waals surface area (Å²) >= 11 is -0.264. The van der Waals surface area contributed by atoms with Crippen molar-refractivity contribution < 1.29 is 67.9 Å². The maximum atomic E-state index is 12.8. The second-order valence-corrected chi connectivity index (χ2v) is 11.7. The first-order valence-electron chi connectivity index (χ1n) is 7.44. The van der Waals surface area contributed by atoms with E-state index in [1.165, 1.54) is 0 Å². The highest BCUT2D eigenvalue weighted by Gasteiger charge is 2.70. The summed E-state index contributed by atoms with van der Waals surface area (Å²) in [5.74, 6) is -13.1. The normalized spacial score (nSPS) is 26.4. The number of rotatable bonds is 6. The van der Waals surface area contributed by atoms with Crippen LogP contribution in [0.25, 0.3) is 0 Å². The Morgan fingerprint density at radius 2 is 1.57 bits per heavy atom. The fraction of sp³-hybridized carbons (Fsp3) is 0.636. The van der Waals surface area contributed by atoms with Gasteiger partial charge in [0.15, 0.2) is 9.96 Å². The van der Waals surface area contributed by atoms with Crippen LogP contribution in [-0.2, 0) is 19.9 Å². The van der Waals surface area contributed by atoms with E-state index in [-0.39, 0.29) is 11.3 Å². The summed E-state index contributed by atoms with van der Waals surface area (Å²) in [6.07, 6.45) is -2.10. The third-order valence-corrected chi connectivity index (χ3v) is 9.48. The number of sulfone groups is 1. The molecule has 0 spiro atoms. The number of sulfonamides is 1. The molecule has 2 heterocycles. The van der Waals surface area contributed by atoms with Crippen LogP contribution in [0.3, 0.4) is 0 Å². The van der Waals surface area contributed by atoms with Gasteiger partial charge in [-0.25, -0.2) is 22.0 Å². The summed E-state index contributed by atoms with van der Waals surface area (Å²) in [6, 6.07) is -2.53. The van der Waals surface area contributed by atoms with Crippen molar-refractivity contribution in [1.82, 2.24) is 5.32 Å². The zero-order chi connectivity index (χ0) is 23.7. The van der Waals surface area contributed by atoms with Crippen LogP contribution in [0.2, 0.25) is 0 Å². The molecule has 0 bridgehead atoms. The van der Waals surface area contributed by atoms with Crippen molar-refractivity contribution in [2.45, 2.75) is 43.5 Å². The van der Waals surface area contributed by atoms with Crippen molar-refractivity contribution in [3.8, 4) is 5.75 Å². The molecular weight excluding hydrogens is 480 g/mol. The summed E-state index contributed by atoms with van der Waals surface area (Å²) in [6.45, 7) is -1.40. The minimum atomic E-state index is -5.59. The molecule has 19 heteroatoms. The van der Waals surface area contributed by atoms with E-state index in [9.17, 15) is 37.3 Å². The monoisotopic (exact) mass is 498 g/mol. The Bertz CT molecular complexity index is 1050. The van der Waals surface area contributed by atoms with E-state index in [0.717, 1.165) is 0 Å². The molecule has 30 heavy (non-hydrogen) atoms. The largest absolute Gasteiger partial charge is 0.505 e. The molecule has 0 aliphatic carbocycles. The van der Waals surface area contributed by atoms with Gasteiger partial charge < -0.3 is 51.1 Å². The van der Waals surface area contributed by atoms with Gasteiger partial charge in [0.1, 0.15) is 4.21 Å². The van der Waals surface area contributed by atoms with Crippen LogP contribution in [0.4, 0.5) is 0 Å². The van der Waals surface area contributed by atoms with E-state index in [2.05, 4.69) is 0 Å². The van der Waals surface area contributed by atoms with Crippen LogP contribution in [0, 0.1) is 0 Å². The Morgan fingerprint density at radius 3 is 1.97 bits per heavy atom. The maximum Gasteiger partial charge on any atom is 0.288 e. The lowest BCUT2D eigenvalue weighted by Gasteiger charge is -2.47. The lowest BCUT2D eigenvalue weighted by atomic mass is 9.91. The number of hydrogen-bond acceptors (Lipinski definition) is 16. The summed E-state index contributed by atoms with van der Waals surface area (Å²) in [5, 5.41) is 103. The van der Waals surface area contributed by atoms with E-state index >= 15 is 0 Å². The molecule has 13 N–H and O–H groups in total. The third kappa shape index (κ3) is 4.05. The highest BCUT2D eigenvalue weighted by Crippen LogP contribution is 2.56. The van der Waals surface area contributed by atoms with Crippen molar-refractivity contribution >= 4 is 31.2 Å². The van der Waals surface area contributed by atoms with E-state index in [0.29, 0.717) is 0 Å². The molecular formula is C11H18N2O14S3. The van der Waals surface area contributed by atoms with Crippen LogP contribution in [0.5, 0.6) is 5.75 Å². The molecule has 1 aromatic heterocycles. The van der Waals surface area contributed by atoms with Crippen LogP contribution in [0.1, 0.15) is 18.0 Å². The molecule has 0 saturated carbocycles. The van der Waals surface area contributed by atoms with Crippen molar-refractivity contribution in [3.05, 3.63) is 5.56 Å². The molecule has 0 saturated heterocycles. The first-order valence-corrected chi connectivity index (χ1v) is 11.3. The molecule has 2 atom stereocenters. The zero-order valence-corrected chi connectivity index (χ0v) is 16.8. The highest BCUT2D eigenvalue weighted by molar-refractivity contribution is 7.96. The molecule has 16 nitrogen and oxygen atoms in total. The standard InChI is InChI=1S/C11H18N2O14S3/c12-30(26,27)7-4(14)3-5(13-2-10(19,20)21)11(22,23)8(15,1-9(16,17)18)29(24,25)6(3)28-7/h5,13-23H,1-2H2,(H2,12,26,27). The Morgan fingerprint density at radius 1 is 1.07 bits per heavy atom. The summed E-state index contributed by atoms with van der Waals surface area (Å²) in [7, 11) is -10.4. The molecule has 0 aromatic carbocycles. The van der Waals surface area contributed by atoms with Gasteiger partial charge in [-0.3, -0.25) is 5.32 Å². The smallest absolute Gasteiger partial charge is 0.288 e. The van der Waals surface area contributed by atoms with Crippen LogP contribution < -0.4 is 10.5 Å². The number of thiophene rings is 1. The topological polar surface area (TPSA) is 309 Å². The van der Waals surface area contributed by atoms with Gasteiger partial charge in [0.05, 0.1) is 19.0 Å². The quantitative estimate of drug-likeness (QED) is 0.162. The van der Waals surface area contributed by atoms with Gasteiger partial charge in [0.25, 0.3) is 22.0 Å². The summed E-state index contributed by atoms with van der Waals surface area (Å²) in [5.41, 5.74) is -1.12. The summed E-state index contributed by atoms with van der Waals surface area (Å²) in [4.78, 5) is -4.08. The van der Waals surface area contributed by atoms with Crippen molar-refractivity contribution in [2.75, 3.05) is 6.54 Å². The number of aliphatic hydroxyl groups is 9. The third-order valence-electron chi connectivity index (χ3n) is 4.09. The van der Waals surface area contributed by atoms with Crippen molar-refractivity contribution in [2.24, 2.45) is 5.14 Å². The molecule has 174 valence electrons. The lowest BCUT2D eigenvalue weighted by Crippen LogP contribution is -2.69. The van der Waals surface area contributed by atoms with Gasteiger partial charge >= 0.3 is 0 Å². The first kappa shape index (κ1) is 25.2. The Balaban J connectivity index is 2.91. The van der Waals surface area contributed by atoms with E-state index in [1.807, 2.05) is 0 Å². The zero-order valence-electron chi connectivity index (χ0n) is 14.4. The fourth-order valence-electron chi connectivity index (χ4n) is 2.85. The van der Waals surface area contributed by atoms with Crippen LogP contribution >= 0.6 is 11.3 Å². The molecule has 2 rings (SSSR count). The molecule has 2 unspecified atom stereocenters. The first-order chi connectivity index (χ1) is 13.1. The number of hydrogen-bond donors (Lipinski definition) is 12. The molecule has 1 aliphatic rings. The molecule has 0 fully saturated rings. The number of nitrogens with two attached hydrogens (primary N) is 1. The number of primary sulfonamides is 1. The SMILES string of the molecule is NS(=O)(=O)c1sc2c(c1O)C(NCC(O)(O)O)C(O)(O)C(O)(CC(O)(O)O)S2(=O)=O. The molecule has 0 radical (unpaired) electrons. The fourth-order valence-corrected chi connectivity index (χ4v) is 7.61. The maximum absolute atomic E-state index is 12.8. The Labute approximate surface area is 171 Å². The Kier molecular flexibility index (Phi) is 5.87. The number of fused-ring (bicyclic) bond motifs is 1. The minimum absolute atomic E-state index is 0.264. The average Bonchev–Trinajstić information content (AvgIpc) is 2.81. The van der Waals surface area contributed by atoms with Gasteiger partial charge in [0, 0.05) is 5.56 Å². The van der Waals surface area contributed by atoms with Crippen molar-refractivity contribution in [3.63, 3.8) is 0 Å². The van der Waals surface area contributed by atoms with E-state index in [1.54, 1.807) is 5.32 Å². The predicted molar refractivity (Wildman–Crippen MR) is 90.8 cm³/mol. The van der Waals surface area contributed by atoms with E-state index < -0.39 is 81.3 Å². The molecule has 1 aromatic rings. The van der Waals surface area contributed by atoms with E-state index in [4.69, 9.17) is 35.8 Å². The van der Waals surface area contributed by atoms with Crippen LogP contribution in [-0.4, -0.2) is 97.1 Å². The lowest BCUT2D eigenvalue weighted by molar-refractivity contribution is -0.355. The highest BCUT2D eigenvalue weighted by atomic mass is 32.3. The summed E-state index contributed by atoms with van der Waals surface area (Å²) < 4.78 is 46.5. The van der Waals surface area contributed by atoms with Gasteiger partial charge in [-0.15, -0.1) is 11.3 Å². The molecule has 0 amide bonds. The number of nitrogens with one attached hydrogen (secondary N) is 1. The Hall–Kier alpha value is -1.04. The second kappa shape index (κ2) is 6.98. The van der Waals surface area contributed by atoms with Gasteiger partial charge in [-0.05, 0) is 0 Å². The predicted octanol–water partition coefficient (Wildman–Crippen LogP) is -6.46. The van der Waals surface area contributed by atoms with Crippen molar-refractivity contribution in [1.29, 1.82) is 0 Å². The second-order valence-electron chi connectivity index (χ2n) is 6.54. The average molecular weight is 498 g/mol. The minimum Gasteiger partial charge on any atom is -0.505 e. The number of aromatic hydroxyl groups is 1. The molecule has 1 aliphatic heterocycles. The van der Waals surface area contributed by atoms with Gasteiger partial charge in [-0.2, -0.15) is 0 Å². The van der Waals surface area contributed by atoms with Crippen LogP contribution in [0.15, 0.2) is 8.42 Å². The van der Waals surface area contributed by atoms with Gasteiger partial charge in [0.2, 0.25) is 20.6 Å².